The number of rotatable bonds is 5. The van der Waals surface area contributed by atoms with E-state index in [2.05, 4.69) is 19.7 Å². The van der Waals surface area contributed by atoms with E-state index in [4.69, 9.17) is 0 Å². The molecule has 0 aliphatic carbocycles. The van der Waals surface area contributed by atoms with Gasteiger partial charge in [-0.3, -0.25) is 4.72 Å². The average molecular weight is 331 g/mol. The van der Waals surface area contributed by atoms with Crippen molar-refractivity contribution in [3.05, 3.63) is 47.5 Å². The molecular formula is C16H17N3O3S. The summed E-state index contributed by atoms with van der Waals surface area (Å²) in [5.41, 5.74) is 3.20. The van der Waals surface area contributed by atoms with E-state index in [0.717, 1.165) is 24.0 Å². The van der Waals surface area contributed by atoms with Crippen molar-refractivity contribution in [1.29, 1.82) is 0 Å². The molecule has 23 heavy (non-hydrogen) atoms. The standard InChI is InChI=1S/C16H17N3O3S/c1-3-11-7-5-8-12(4-2)15(11)19-23(20,21)14-10-6-9-13-16(14)18-22-17-13/h5-10,19H,3-4H2,1-2H3. The van der Waals surface area contributed by atoms with Gasteiger partial charge < -0.3 is 0 Å². The van der Waals surface area contributed by atoms with E-state index in [0.29, 0.717) is 11.2 Å². The first-order chi connectivity index (χ1) is 11.1. The highest BCUT2D eigenvalue weighted by molar-refractivity contribution is 7.93. The van der Waals surface area contributed by atoms with E-state index < -0.39 is 10.0 Å². The lowest BCUT2D eigenvalue weighted by molar-refractivity contribution is 0.315. The summed E-state index contributed by atoms with van der Waals surface area (Å²) in [7, 11) is -3.79. The van der Waals surface area contributed by atoms with Crippen molar-refractivity contribution < 1.29 is 13.0 Å². The van der Waals surface area contributed by atoms with Gasteiger partial charge in [0.2, 0.25) is 0 Å². The van der Waals surface area contributed by atoms with Crippen molar-refractivity contribution in [2.75, 3.05) is 4.72 Å². The Labute approximate surface area is 134 Å². The van der Waals surface area contributed by atoms with Crippen molar-refractivity contribution in [1.82, 2.24) is 10.3 Å². The number of anilines is 1. The summed E-state index contributed by atoms with van der Waals surface area (Å²) in [6.45, 7) is 3.99. The number of hydrogen-bond donors (Lipinski definition) is 1. The third-order valence-corrected chi connectivity index (χ3v) is 5.16. The minimum atomic E-state index is -3.79. The molecule has 0 saturated heterocycles. The first kappa shape index (κ1) is 15.5. The number of aryl methyl sites for hydroxylation is 2. The summed E-state index contributed by atoms with van der Waals surface area (Å²) in [6, 6.07) is 10.6. The molecule has 7 heteroatoms. The molecule has 0 spiro atoms. The molecule has 1 aromatic heterocycles. The van der Waals surface area contributed by atoms with Crippen LogP contribution in [0.5, 0.6) is 0 Å². The lowest BCUT2D eigenvalue weighted by Gasteiger charge is -2.15. The number of para-hydroxylation sites is 1. The molecular weight excluding hydrogens is 314 g/mol. The minimum Gasteiger partial charge on any atom is -0.279 e. The van der Waals surface area contributed by atoms with Gasteiger partial charge in [0.15, 0.2) is 5.52 Å². The number of aromatic nitrogens is 2. The number of benzene rings is 2. The molecule has 0 amide bonds. The second-order valence-corrected chi connectivity index (χ2v) is 6.80. The molecule has 2 aromatic carbocycles. The van der Waals surface area contributed by atoms with Crippen LogP contribution < -0.4 is 4.72 Å². The number of sulfonamides is 1. The third kappa shape index (κ3) is 2.79. The zero-order valence-electron chi connectivity index (χ0n) is 12.9. The summed E-state index contributed by atoms with van der Waals surface area (Å²) in [4.78, 5) is 0.0595. The van der Waals surface area contributed by atoms with Crippen LogP contribution >= 0.6 is 0 Å². The van der Waals surface area contributed by atoms with E-state index in [1.807, 2.05) is 32.0 Å². The Morgan fingerprint density at radius 2 is 1.65 bits per heavy atom. The van der Waals surface area contributed by atoms with Crippen molar-refractivity contribution in [2.24, 2.45) is 0 Å². The van der Waals surface area contributed by atoms with Crippen LogP contribution in [-0.2, 0) is 22.9 Å². The largest absolute Gasteiger partial charge is 0.279 e. The Kier molecular flexibility index (Phi) is 4.04. The quantitative estimate of drug-likeness (QED) is 0.776. The van der Waals surface area contributed by atoms with Crippen LogP contribution in [0.1, 0.15) is 25.0 Å². The lowest BCUT2D eigenvalue weighted by atomic mass is 10.0. The van der Waals surface area contributed by atoms with Gasteiger partial charge in [-0.1, -0.05) is 38.1 Å². The van der Waals surface area contributed by atoms with Crippen LogP contribution in [-0.4, -0.2) is 18.7 Å². The van der Waals surface area contributed by atoms with E-state index in [1.165, 1.54) is 6.07 Å². The van der Waals surface area contributed by atoms with Gasteiger partial charge in [-0.15, -0.1) is 0 Å². The maximum Gasteiger partial charge on any atom is 0.264 e. The molecule has 0 radical (unpaired) electrons. The fraction of sp³-hybridized carbons (Fsp3) is 0.250. The van der Waals surface area contributed by atoms with Gasteiger partial charge in [-0.05, 0) is 46.4 Å². The van der Waals surface area contributed by atoms with Gasteiger partial charge in [0, 0.05) is 0 Å². The lowest BCUT2D eigenvalue weighted by Crippen LogP contribution is -2.16. The van der Waals surface area contributed by atoms with Crippen molar-refractivity contribution >= 4 is 26.7 Å². The summed E-state index contributed by atoms with van der Waals surface area (Å²) in [6.07, 6.45) is 1.48. The first-order valence-electron chi connectivity index (χ1n) is 7.41. The molecule has 0 saturated carbocycles. The van der Waals surface area contributed by atoms with E-state index >= 15 is 0 Å². The number of nitrogens with zero attached hydrogens (tertiary/aromatic N) is 2. The van der Waals surface area contributed by atoms with Crippen LogP contribution in [0, 0.1) is 0 Å². The molecule has 0 atom stereocenters. The Hall–Kier alpha value is -2.41. The third-order valence-electron chi connectivity index (χ3n) is 3.77. The molecule has 1 N–H and O–H groups in total. The van der Waals surface area contributed by atoms with Gasteiger partial charge in [0.25, 0.3) is 10.0 Å². The van der Waals surface area contributed by atoms with Crippen molar-refractivity contribution in [3.8, 4) is 0 Å². The normalized spacial score (nSPS) is 11.7. The van der Waals surface area contributed by atoms with Crippen molar-refractivity contribution in [2.45, 2.75) is 31.6 Å². The van der Waals surface area contributed by atoms with Gasteiger partial charge >= 0.3 is 0 Å². The zero-order chi connectivity index (χ0) is 16.4. The maximum absolute atomic E-state index is 12.8. The Morgan fingerprint density at radius 3 is 2.30 bits per heavy atom. The molecule has 0 fully saturated rings. The SMILES string of the molecule is CCc1cccc(CC)c1NS(=O)(=O)c1cccc2nonc12. The van der Waals surface area contributed by atoms with E-state index in [9.17, 15) is 8.42 Å². The highest BCUT2D eigenvalue weighted by Crippen LogP contribution is 2.27. The van der Waals surface area contributed by atoms with Crippen LogP contribution in [0.3, 0.4) is 0 Å². The Bertz CT molecular complexity index is 926. The summed E-state index contributed by atoms with van der Waals surface area (Å²) >= 11 is 0. The Balaban J connectivity index is 2.11. The first-order valence-corrected chi connectivity index (χ1v) is 8.90. The van der Waals surface area contributed by atoms with Gasteiger partial charge in [0.1, 0.15) is 10.4 Å². The number of hydrogen-bond acceptors (Lipinski definition) is 5. The minimum absolute atomic E-state index is 0.0595. The smallest absolute Gasteiger partial charge is 0.264 e. The molecule has 120 valence electrons. The van der Waals surface area contributed by atoms with Crippen LogP contribution in [0.2, 0.25) is 0 Å². The maximum atomic E-state index is 12.8. The highest BCUT2D eigenvalue weighted by atomic mass is 32.2. The van der Waals surface area contributed by atoms with E-state index in [1.54, 1.807) is 12.1 Å². The average Bonchev–Trinajstić information content (AvgIpc) is 3.03. The predicted octanol–water partition coefficient (Wildman–Crippen LogP) is 3.15. The van der Waals surface area contributed by atoms with Gasteiger partial charge in [-0.25, -0.2) is 13.0 Å². The second-order valence-electron chi connectivity index (χ2n) is 5.15. The zero-order valence-corrected chi connectivity index (χ0v) is 13.7. The molecule has 6 nitrogen and oxygen atoms in total. The summed E-state index contributed by atoms with van der Waals surface area (Å²) in [5.74, 6) is 0. The van der Waals surface area contributed by atoms with Crippen LogP contribution in [0.4, 0.5) is 5.69 Å². The van der Waals surface area contributed by atoms with E-state index in [-0.39, 0.29) is 10.4 Å². The Morgan fingerprint density at radius 1 is 1.00 bits per heavy atom. The number of nitrogens with one attached hydrogen (secondary N) is 1. The molecule has 1 heterocycles. The monoisotopic (exact) mass is 331 g/mol. The molecule has 0 aliphatic heterocycles. The molecule has 0 aliphatic rings. The summed E-state index contributed by atoms with van der Waals surface area (Å²) in [5, 5.41) is 7.40. The van der Waals surface area contributed by atoms with Crippen molar-refractivity contribution in [3.63, 3.8) is 0 Å². The molecule has 0 bridgehead atoms. The van der Waals surface area contributed by atoms with Gasteiger partial charge in [-0.2, -0.15) is 0 Å². The molecule has 0 unspecified atom stereocenters. The fourth-order valence-corrected chi connectivity index (χ4v) is 3.86. The van der Waals surface area contributed by atoms with Crippen LogP contribution in [0.15, 0.2) is 45.9 Å². The summed E-state index contributed by atoms with van der Waals surface area (Å²) < 4.78 is 33.0. The second kappa shape index (κ2) is 6.00. The van der Waals surface area contributed by atoms with Gasteiger partial charge in [0.05, 0.1) is 5.69 Å². The predicted molar refractivity (Wildman–Crippen MR) is 87.8 cm³/mol. The number of fused-ring (bicyclic) bond motifs is 1. The molecule has 3 rings (SSSR count). The van der Waals surface area contributed by atoms with Crippen LogP contribution in [0.25, 0.3) is 11.0 Å². The molecule has 3 aromatic rings. The fourth-order valence-electron chi connectivity index (χ4n) is 2.56. The highest BCUT2D eigenvalue weighted by Gasteiger charge is 2.22. The topological polar surface area (TPSA) is 85.1 Å².